The number of rotatable bonds is 5. The Labute approximate surface area is 204 Å². The molecule has 2 fully saturated rings. The Kier molecular flexibility index (Phi) is 6.91. The number of nitrogens with one attached hydrogen (secondary N) is 1. The van der Waals surface area contributed by atoms with Crippen LogP contribution in [0.2, 0.25) is 0 Å². The number of anilines is 2. The van der Waals surface area contributed by atoms with Crippen LogP contribution in [0.25, 0.3) is 0 Å². The second-order valence-corrected chi connectivity index (χ2v) is 9.89. The minimum atomic E-state index is -4.40. The van der Waals surface area contributed by atoms with Gasteiger partial charge < -0.3 is 20.0 Å². The first-order valence-electron chi connectivity index (χ1n) is 12.7. The molecule has 8 heteroatoms. The first kappa shape index (κ1) is 24.0. The molecule has 5 nitrogen and oxygen atoms in total. The van der Waals surface area contributed by atoms with E-state index < -0.39 is 17.7 Å². The van der Waals surface area contributed by atoms with Gasteiger partial charge in [0.1, 0.15) is 0 Å². The maximum atomic E-state index is 13.4. The summed E-state index contributed by atoms with van der Waals surface area (Å²) in [6.07, 6.45) is -0.426. The number of fused-ring (bicyclic) bond motifs is 3. The highest BCUT2D eigenvalue weighted by Gasteiger charge is 2.42. The number of piperidine rings is 1. The second-order valence-electron chi connectivity index (χ2n) is 9.89. The Morgan fingerprint density at radius 3 is 2.49 bits per heavy atom. The molecule has 2 aromatic rings. The Bertz CT molecular complexity index is 1020. The number of alkyl halides is 3. The van der Waals surface area contributed by atoms with E-state index in [1.807, 2.05) is 18.2 Å². The van der Waals surface area contributed by atoms with Crippen LogP contribution in [0.1, 0.15) is 30.4 Å². The summed E-state index contributed by atoms with van der Waals surface area (Å²) in [7, 11) is 0. The SMILES string of the molecule is O=C(NCCN1CCCCC1)[C@H]1Cc2cc(C(F)(F)F)ccc2N2CCN(c3ccccc3)C[C@H]12. The molecule has 0 aliphatic carbocycles. The molecule has 1 N–H and O–H groups in total. The van der Waals surface area contributed by atoms with Crippen molar-refractivity contribution in [1.82, 2.24) is 10.2 Å². The zero-order valence-corrected chi connectivity index (χ0v) is 19.9. The fraction of sp³-hybridized carbons (Fsp3) is 0.519. The Hall–Kier alpha value is -2.74. The van der Waals surface area contributed by atoms with Gasteiger partial charge in [-0.15, -0.1) is 0 Å². The molecule has 3 aliphatic heterocycles. The molecule has 2 saturated heterocycles. The molecule has 0 unspecified atom stereocenters. The van der Waals surface area contributed by atoms with E-state index in [0.717, 1.165) is 37.6 Å². The highest BCUT2D eigenvalue weighted by molar-refractivity contribution is 5.82. The smallest absolute Gasteiger partial charge is 0.368 e. The molecule has 0 bridgehead atoms. The van der Waals surface area contributed by atoms with Gasteiger partial charge in [0.05, 0.1) is 17.5 Å². The van der Waals surface area contributed by atoms with Gasteiger partial charge in [-0.05, 0) is 68.2 Å². The van der Waals surface area contributed by atoms with Crippen molar-refractivity contribution in [3.05, 3.63) is 59.7 Å². The molecule has 5 rings (SSSR count). The van der Waals surface area contributed by atoms with Crippen LogP contribution in [-0.4, -0.2) is 62.7 Å². The minimum absolute atomic E-state index is 0.0602. The van der Waals surface area contributed by atoms with Crippen molar-refractivity contribution >= 4 is 17.3 Å². The van der Waals surface area contributed by atoms with Crippen molar-refractivity contribution in [1.29, 1.82) is 0 Å². The van der Waals surface area contributed by atoms with Crippen molar-refractivity contribution in [2.45, 2.75) is 37.9 Å². The number of hydrogen-bond donors (Lipinski definition) is 1. The molecule has 35 heavy (non-hydrogen) atoms. The van der Waals surface area contributed by atoms with E-state index >= 15 is 0 Å². The van der Waals surface area contributed by atoms with E-state index in [-0.39, 0.29) is 11.9 Å². The van der Waals surface area contributed by atoms with Crippen LogP contribution in [0.3, 0.4) is 0 Å². The monoisotopic (exact) mass is 486 g/mol. The van der Waals surface area contributed by atoms with Gasteiger partial charge in [0.15, 0.2) is 0 Å². The standard InChI is InChI=1S/C27H33F3N4O/c28-27(29,30)21-9-10-24-20(17-21)18-23(26(35)31-11-14-32-12-5-2-6-13-32)25-19-33(15-16-34(24)25)22-7-3-1-4-8-22/h1,3-4,7-10,17,23,25H,2,5-6,11-16,18-19H2,(H,31,35)/t23-,25+/m0/s1. The lowest BCUT2D eigenvalue weighted by Gasteiger charge is -2.49. The first-order chi connectivity index (χ1) is 16.9. The molecule has 1 amide bonds. The van der Waals surface area contributed by atoms with Crippen molar-refractivity contribution in [3.63, 3.8) is 0 Å². The Balaban J connectivity index is 1.36. The van der Waals surface area contributed by atoms with E-state index in [2.05, 4.69) is 32.1 Å². The zero-order valence-electron chi connectivity index (χ0n) is 19.9. The fourth-order valence-corrected chi connectivity index (χ4v) is 5.82. The predicted molar refractivity (Wildman–Crippen MR) is 132 cm³/mol. The first-order valence-corrected chi connectivity index (χ1v) is 12.7. The number of likely N-dealkylation sites (tertiary alicyclic amines) is 1. The number of carbonyl (C=O) groups excluding carboxylic acids is 1. The van der Waals surface area contributed by atoms with Crippen molar-refractivity contribution in [2.24, 2.45) is 5.92 Å². The quantitative estimate of drug-likeness (QED) is 0.689. The molecule has 0 radical (unpaired) electrons. The molecule has 0 aromatic heterocycles. The summed E-state index contributed by atoms with van der Waals surface area (Å²) in [5, 5.41) is 3.11. The number of carbonyl (C=O) groups is 1. The number of amides is 1. The maximum Gasteiger partial charge on any atom is 0.416 e. The molecular formula is C27H33F3N4O. The minimum Gasteiger partial charge on any atom is -0.368 e. The lowest BCUT2D eigenvalue weighted by Crippen LogP contribution is -2.61. The van der Waals surface area contributed by atoms with E-state index in [4.69, 9.17) is 0 Å². The van der Waals surface area contributed by atoms with Gasteiger partial charge in [-0.2, -0.15) is 13.2 Å². The molecule has 2 aromatic carbocycles. The molecular weight excluding hydrogens is 453 g/mol. The lowest BCUT2D eigenvalue weighted by molar-refractivity contribution is -0.137. The third kappa shape index (κ3) is 5.27. The normalized spacial score (nSPS) is 22.9. The van der Waals surface area contributed by atoms with Gasteiger partial charge in [-0.25, -0.2) is 0 Å². The summed E-state index contributed by atoms with van der Waals surface area (Å²) >= 11 is 0. The summed E-state index contributed by atoms with van der Waals surface area (Å²) in [6, 6.07) is 14.0. The highest BCUT2D eigenvalue weighted by Crippen LogP contribution is 2.40. The average molecular weight is 487 g/mol. The van der Waals surface area contributed by atoms with Crippen molar-refractivity contribution < 1.29 is 18.0 Å². The predicted octanol–water partition coefficient (Wildman–Crippen LogP) is 4.18. The number of hydrogen-bond acceptors (Lipinski definition) is 4. The summed E-state index contributed by atoms with van der Waals surface area (Å²) in [6.45, 7) is 5.59. The molecule has 2 atom stereocenters. The van der Waals surface area contributed by atoms with Gasteiger partial charge in [0, 0.05) is 44.1 Å². The average Bonchev–Trinajstić information content (AvgIpc) is 2.88. The van der Waals surface area contributed by atoms with Gasteiger partial charge in [-0.3, -0.25) is 4.79 Å². The molecule has 3 heterocycles. The van der Waals surface area contributed by atoms with Crippen LogP contribution in [0.15, 0.2) is 48.5 Å². The van der Waals surface area contributed by atoms with E-state index in [9.17, 15) is 18.0 Å². The number of nitrogens with zero attached hydrogens (tertiary/aromatic N) is 3. The summed E-state index contributed by atoms with van der Waals surface area (Å²) in [4.78, 5) is 20.2. The van der Waals surface area contributed by atoms with Crippen LogP contribution >= 0.6 is 0 Å². The van der Waals surface area contributed by atoms with E-state index in [0.29, 0.717) is 31.6 Å². The van der Waals surface area contributed by atoms with Gasteiger partial charge >= 0.3 is 6.18 Å². The van der Waals surface area contributed by atoms with Gasteiger partial charge in [-0.1, -0.05) is 24.6 Å². The van der Waals surface area contributed by atoms with Crippen LogP contribution < -0.4 is 15.1 Å². The van der Waals surface area contributed by atoms with E-state index in [1.165, 1.54) is 31.4 Å². The third-order valence-corrected chi connectivity index (χ3v) is 7.67. The zero-order chi connectivity index (χ0) is 24.4. The van der Waals surface area contributed by atoms with Crippen molar-refractivity contribution in [2.75, 3.05) is 55.6 Å². The fourth-order valence-electron chi connectivity index (χ4n) is 5.82. The number of para-hydroxylation sites is 1. The number of halogens is 3. The van der Waals surface area contributed by atoms with Crippen LogP contribution in [-0.2, 0) is 17.4 Å². The van der Waals surface area contributed by atoms with Crippen LogP contribution in [0.5, 0.6) is 0 Å². The molecule has 0 spiro atoms. The Morgan fingerprint density at radius 1 is 0.971 bits per heavy atom. The summed E-state index contributed by atoms with van der Waals surface area (Å²) in [5.74, 6) is -0.464. The lowest BCUT2D eigenvalue weighted by atomic mass is 9.82. The largest absolute Gasteiger partial charge is 0.416 e. The van der Waals surface area contributed by atoms with Crippen LogP contribution in [0, 0.1) is 5.92 Å². The Morgan fingerprint density at radius 2 is 1.74 bits per heavy atom. The van der Waals surface area contributed by atoms with Crippen molar-refractivity contribution in [3.8, 4) is 0 Å². The van der Waals surface area contributed by atoms with Gasteiger partial charge in [0.25, 0.3) is 0 Å². The highest BCUT2D eigenvalue weighted by atomic mass is 19.4. The maximum absolute atomic E-state index is 13.4. The summed E-state index contributed by atoms with van der Waals surface area (Å²) < 4.78 is 40.3. The van der Waals surface area contributed by atoms with E-state index in [1.54, 1.807) is 6.07 Å². The third-order valence-electron chi connectivity index (χ3n) is 7.67. The van der Waals surface area contributed by atoms with Crippen LogP contribution in [0.4, 0.5) is 24.5 Å². The molecule has 188 valence electrons. The van der Waals surface area contributed by atoms with Gasteiger partial charge in [0.2, 0.25) is 5.91 Å². The summed E-state index contributed by atoms with van der Waals surface area (Å²) in [5.41, 5.74) is 1.89. The number of piperazine rings is 1. The molecule has 3 aliphatic rings. The topological polar surface area (TPSA) is 38.8 Å². The molecule has 0 saturated carbocycles. The second kappa shape index (κ2) is 10.1. The number of benzene rings is 2.